The van der Waals surface area contributed by atoms with Crippen molar-refractivity contribution in [1.82, 2.24) is 0 Å². The summed E-state index contributed by atoms with van der Waals surface area (Å²) in [5.74, 6) is 5.02. The number of anilines is 1. The lowest BCUT2D eigenvalue weighted by Gasteiger charge is -2.61. The zero-order valence-electron chi connectivity index (χ0n) is 20.3. The summed E-state index contributed by atoms with van der Waals surface area (Å²) in [5.41, 5.74) is 1.89. The third kappa shape index (κ3) is 3.87. The van der Waals surface area contributed by atoms with Gasteiger partial charge in [-0.1, -0.05) is 13.3 Å². The van der Waals surface area contributed by atoms with Crippen LogP contribution in [0.1, 0.15) is 90.5 Å². The van der Waals surface area contributed by atoms with Gasteiger partial charge in [-0.2, -0.15) is 5.26 Å². The Balaban J connectivity index is 1.31. The number of nitrogens with one attached hydrogen (secondary N) is 1. The molecule has 0 bridgehead atoms. The minimum Gasteiger partial charge on any atom is -0.390 e. The standard InChI is InChI=1S/C29H42N2O/c1-19(31-22-10-7-20(18-30)8-11-22)26-5-4-6-27-25-12-9-21-17-28(2,32)15-13-23(21)24(25)14-16-29(26,27)3/h7-8,10-11,19,21,23-27,31-32H,4-6,9,12-17H2,1-3H3/t19?,21-,23+,24?,25-,26-,27+,28-,29-/m1/s1. The Morgan fingerprint density at radius 1 is 0.969 bits per heavy atom. The van der Waals surface area contributed by atoms with Crippen LogP contribution in [0.25, 0.3) is 0 Å². The molecule has 9 atom stereocenters. The lowest BCUT2D eigenvalue weighted by atomic mass is 9.44. The van der Waals surface area contributed by atoms with Crippen LogP contribution >= 0.6 is 0 Å². The summed E-state index contributed by atoms with van der Waals surface area (Å²) < 4.78 is 0. The maximum absolute atomic E-state index is 10.7. The molecule has 5 rings (SSSR count). The van der Waals surface area contributed by atoms with Crippen molar-refractivity contribution in [3.8, 4) is 6.07 Å². The largest absolute Gasteiger partial charge is 0.390 e. The lowest BCUT2D eigenvalue weighted by molar-refractivity contribution is -0.128. The first-order valence-electron chi connectivity index (χ1n) is 13.3. The molecule has 4 fully saturated rings. The SMILES string of the molecule is CC(Nc1ccc(C#N)cc1)[C@H]1CCC[C@H]2[C@@H]3CC[C@@H]4C[C@](C)(O)CC[C@@H]4C3CC[C@]12C. The molecule has 0 saturated heterocycles. The Hall–Kier alpha value is -1.53. The number of aliphatic hydroxyl groups is 1. The minimum atomic E-state index is -0.417. The van der Waals surface area contributed by atoms with Crippen molar-refractivity contribution in [3.05, 3.63) is 29.8 Å². The molecule has 2 unspecified atom stereocenters. The average molecular weight is 435 g/mol. The molecule has 3 nitrogen and oxygen atoms in total. The molecule has 0 spiro atoms. The Morgan fingerprint density at radius 3 is 2.47 bits per heavy atom. The zero-order chi connectivity index (χ0) is 22.5. The van der Waals surface area contributed by atoms with Crippen LogP contribution in [0, 0.1) is 52.3 Å². The van der Waals surface area contributed by atoms with Gasteiger partial charge in [0, 0.05) is 11.7 Å². The number of fused-ring (bicyclic) bond motifs is 5. The van der Waals surface area contributed by atoms with Crippen LogP contribution in [0.4, 0.5) is 5.69 Å². The van der Waals surface area contributed by atoms with E-state index in [1.54, 1.807) is 0 Å². The second-order valence-electron chi connectivity index (χ2n) is 12.4. The first-order chi connectivity index (χ1) is 15.3. The van der Waals surface area contributed by atoms with Gasteiger partial charge in [-0.15, -0.1) is 0 Å². The Morgan fingerprint density at radius 2 is 1.72 bits per heavy atom. The normalized spacial score (nSPS) is 44.3. The molecule has 0 aromatic heterocycles. The molecule has 4 aliphatic rings. The summed E-state index contributed by atoms with van der Waals surface area (Å²) >= 11 is 0. The molecule has 1 aromatic rings. The van der Waals surface area contributed by atoms with E-state index < -0.39 is 5.60 Å². The smallest absolute Gasteiger partial charge is 0.0991 e. The summed E-state index contributed by atoms with van der Waals surface area (Å²) in [5, 5.41) is 23.6. The van der Waals surface area contributed by atoms with Gasteiger partial charge in [0.1, 0.15) is 0 Å². The van der Waals surface area contributed by atoms with Gasteiger partial charge in [0.05, 0.1) is 17.2 Å². The summed E-state index contributed by atoms with van der Waals surface area (Å²) in [7, 11) is 0. The minimum absolute atomic E-state index is 0.417. The lowest BCUT2D eigenvalue weighted by Crippen LogP contribution is -2.55. The summed E-state index contributed by atoms with van der Waals surface area (Å²) in [4.78, 5) is 0. The van der Waals surface area contributed by atoms with Crippen LogP contribution < -0.4 is 5.32 Å². The Kier molecular flexibility index (Phi) is 5.81. The van der Waals surface area contributed by atoms with Gasteiger partial charge in [0.2, 0.25) is 0 Å². The first kappa shape index (κ1) is 22.3. The van der Waals surface area contributed by atoms with Crippen LogP contribution in [0.2, 0.25) is 0 Å². The first-order valence-corrected chi connectivity index (χ1v) is 13.3. The molecule has 0 heterocycles. The fourth-order valence-electron chi connectivity index (χ4n) is 9.15. The molecule has 174 valence electrons. The molecular weight excluding hydrogens is 392 g/mol. The second-order valence-corrected chi connectivity index (χ2v) is 12.4. The third-order valence-corrected chi connectivity index (χ3v) is 10.6. The van der Waals surface area contributed by atoms with Crippen molar-refractivity contribution in [1.29, 1.82) is 5.26 Å². The fourth-order valence-corrected chi connectivity index (χ4v) is 9.15. The number of nitriles is 1. The van der Waals surface area contributed by atoms with Crippen LogP contribution in [0.3, 0.4) is 0 Å². The molecule has 0 radical (unpaired) electrons. The maximum atomic E-state index is 10.7. The maximum Gasteiger partial charge on any atom is 0.0991 e. The zero-order valence-corrected chi connectivity index (χ0v) is 20.3. The number of benzene rings is 1. The van der Waals surface area contributed by atoms with Crippen LogP contribution in [-0.2, 0) is 0 Å². The predicted octanol–water partition coefficient (Wildman–Crippen LogP) is 6.77. The number of hydrogen-bond donors (Lipinski definition) is 2. The summed E-state index contributed by atoms with van der Waals surface area (Å²) in [6.07, 6.45) is 13.0. The molecule has 1 aromatic carbocycles. The van der Waals surface area contributed by atoms with Crippen molar-refractivity contribution in [2.24, 2.45) is 40.9 Å². The van der Waals surface area contributed by atoms with E-state index in [0.29, 0.717) is 17.4 Å². The van der Waals surface area contributed by atoms with Crippen LogP contribution in [0.15, 0.2) is 24.3 Å². The van der Waals surface area contributed by atoms with Crippen molar-refractivity contribution >= 4 is 5.69 Å². The van der Waals surface area contributed by atoms with E-state index in [4.69, 9.17) is 5.26 Å². The number of rotatable bonds is 3. The summed E-state index contributed by atoms with van der Waals surface area (Å²) in [6, 6.07) is 10.6. The highest BCUT2D eigenvalue weighted by atomic mass is 16.3. The van der Waals surface area contributed by atoms with Crippen molar-refractivity contribution in [2.45, 2.75) is 96.6 Å². The topological polar surface area (TPSA) is 56.0 Å². The molecule has 32 heavy (non-hydrogen) atoms. The van der Waals surface area contributed by atoms with E-state index in [9.17, 15) is 5.11 Å². The van der Waals surface area contributed by atoms with E-state index in [-0.39, 0.29) is 0 Å². The van der Waals surface area contributed by atoms with Crippen molar-refractivity contribution in [2.75, 3.05) is 5.32 Å². The molecule has 2 N–H and O–H groups in total. The van der Waals surface area contributed by atoms with Gasteiger partial charge >= 0.3 is 0 Å². The highest BCUT2D eigenvalue weighted by molar-refractivity contribution is 5.48. The Bertz CT molecular complexity index is 855. The van der Waals surface area contributed by atoms with Gasteiger partial charge < -0.3 is 10.4 Å². The van der Waals surface area contributed by atoms with E-state index in [0.717, 1.165) is 53.7 Å². The van der Waals surface area contributed by atoms with Gasteiger partial charge in [-0.25, -0.2) is 0 Å². The second kappa shape index (κ2) is 8.35. The van der Waals surface area contributed by atoms with Crippen LogP contribution in [-0.4, -0.2) is 16.7 Å². The molecule has 0 amide bonds. The van der Waals surface area contributed by atoms with Gasteiger partial charge in [0.25, 0.3) is 0 Å². The van der Waals surface area contributed by atoms with Gasteiger partial charge in [0.15, 0.2) is 0 Å². The molecular formula is C29H42N2O. The predicted molar refractivity (Wildman–Crippen MR) is 130 cm³/mol. The van der Waals surface area contributed by atoms with E-state index in [1.807, 2.05) is 12.1 Å². The fraction of sp³-hybridized carbons (Fsp3) is 0.759. The number of hydrogen-bond acceptors (Lipinski definition) is 3. The highest BCUT2D eigenvalue weighted by Gasteiger charge is 2.56. The molecule has 4 saturated carbocycles. The Labute approximate surface area is 195 Å². The third-order valence-electron chi connectivity index (χ3n) is 10.6. The van der Waals surface area contributed by atoms with Gasteiger partial charge in [-0.3, -0.25) is 0 Å². The molecule has 0 aliphatic heterocycles. The van der Waals surface area contributed by atoms with E-state index >= 15 is 0 Å². The quantitative estimate of drug-likeness (QED) is 0.552. The van der Waals surface area contributed by atoms with E-state index in [1.165, 1.54) is 51.4 Å². The van der Waals surface area contributed by atoms with Crippen molar-refractivity contribution in [3.63, 3.8) is 0 Å². The monoisotopic (exact) mass is 434 g/mol. The van der Waals surface area contributed by atoms with Crippen LogP contribution in [0.5, 0.6) is 0 Å². The van der Waals surface area contributed by atoms with Gasteiger partial charge in [-0.05, 0) is 137 Å². The summed E-state index contributed by atoms with van der Waals surface area (Å²) in [6.45, 7) is 7.09. The highest BCUT2D eigenvalue weighted by Crippen LogP contribution is 2.63. The average Bonchev–Trinajstić information content (AvgIpc) is 2.77. The number of nitrogens with zero attached hydrogens (tertiary/aromatic N) is 1. The molecule has 3 heteroatoms. The van der Waals surface area contributed by atoms with E-state index in [2.05, 4.69) is 44.3 Å². The molecule has 4 aliphatic carbocycles. The van der Waals surface area contributed by atoms with Crippen molar-refractivity contribution < 1.29 is 5.11 Å².